The number of benzene rings is 2. The van der Waals surface area contributed by atoms with Gasteiger partial charge >= 0.3 is 0 Å². The molecule has 0 aliphatic heterocycles. The molecule has 6 heteroatoms. The second kappa shape index (κ2) is 7.24. The monoisotopic (exact) mass is 364 g/mol. The third-order valence-corrected chi connectivity index (χ3v) is 3.84. The quantitative estimate of drug-likeness (QED) is 0.792. The van der Waals surface area contributed by atoms with Gasteiger partial charge in [0.25, 0.3) is 11.8 Å². The van der Waals surface area contributed by atoms with Gasteiger partial charge in [0.2, 0.25) is 0 Å². The van der Waals surface area contributed by atoms with Crippen LogP contribution in [0.5, 0.6) is 0 Å². The van der Waals surface area contributed by atoms with E-state index in [4.69, 9.17) is 23.2 Å². The van der Waals surface area contributed by atoms with Gasteiger partial charge in [-0.1, -0.05) is 41.4 Å². The zero-order valence-corrected chi connectivity index (χ0v) is 15.2. The van der Waals surface area contributed by atoms with E-state index in [1.807, 2.05) is 20.8 Å². The van der Waals surface area contributed by atoms with Crippen LogP contribution in [0, 0.1) is 0 Å². The Morgan fingerprint density at radius 2 is 1.67 bits per heavy atom. The minimum atomic E-state index is -0.643. The van der Waals surface area contributed by atoms with Gasteiger partial charge in [-0.3, -0.25) is 15.0 Å². The minimum absolute atomic E-state index is 0.298. The molecular weight excluding hydrogens is 347 g/mol. The topological polar surface area (TPSA) is 49.4 Å². The number of rotatable bonds is 2. The van der Waals surface area contributed by atoms with Crippen LogP contribution in [0.3, 0.4) is 0 Å². The molecule has 0 bridgehead atoms. The standard InChI is InChI=1S/C18H18Cl2N2O2/c1-18(2,3)22(17(24)12-7-6-8-13(19)11-12)21-16(23)14-9-4-5-10-15(14)20/h4-11H,1-3H3,(H,21,23). The van der Waals surface area contributed by atoms with Gasteiger partial charge in [0.1, 0.15) is 0 Å². The van der Waals surface area contributed by atoms with Gasteiger partial charge in [-0.2, -0.15) is 0 Å². The largest absolute Gasteiger partial charge is 0.272 e. The maximum Gasteiger partial charge on any atom is 0.272 e. The molecule has 0 unspecified atom stereocenters. The van der Waals surface area contributed by atoms with Crippen LogP contribution in [0.1, 0.15) is 41.5 Å². The Bertz CT molecular complexity index is 770. The van der Waals surface area contributed by atoms with Gasteiger partial charge in [-0.25, -0.2) is 5.01 Å². The van der Waals surface area contributed by atoms with E-state index < -0.39 is 11.4 Å². The van der Waals surface area contributed by atoms with Gasteiger partial charge < -0.3 is 0 Å². The first-order chi connectivity index (χ1) is 11.2. The van der Waals surface area contributed by atoms with Crippen molar-refractivity contribution in [1.29, 1.82) is 0 Å². The Morgan fingerprint density at radius 3 is 2.25 bits per heavy atom. The summed E-state index contributed by atoms with van der Waals surface area (Å²) in [4.78, 5) is 25.3. The fourth-order valence-electron chi connectivity index (χ4n) is 2.08. The highest BCUT2D eigenvalue weighted by molar-refractivity contribution is 6.33. The third-order valence-electron chi connectivity index (χ3n) is 3.28. The van der Waals surface area contributed by atoms with Gasteiger partial charge in [0.15, 0.2) is 0 Å². The Hall–Kier alpha value is -2.04. The number of nitrogens with one attached hydrogen (secondary N) is 1. The molecule has 2 amide bonds. The molecule has 1 N–H and O–H groups in total. The second-order valence-electron chi connectivity index (χ2n) is 6.24. The summed E-state index contributed by atoms with van der Waals surface area (Å²) in [5.74, 6) is -0.809. The van der Waals surface area contributed by atoms with Crippen LogP contribution in [0.25, 0.3) is 0 Å². The lowest BCUT2D eigenvalue weighted by Gasteiger charge is -2.35. The summed E-state index contributed by atoms with van der Waals surface area (Å²) in [6.45, 7) is 5.47. The first-order valence-corrected chi connectivity index (χ1v) is 8.11. The molecule has 126 valence electrons. The van der Waals surface area contributed by atoms with E-state index in [0.717, 1.165) is 0 Å². The molecule has 2 aromatic rings. The van der Waals surface area contributed by atoms with Crippen molar-refractivity contribution in [2.75, 3.05) is 0 Å². The molecule has 0 fully saturated rings. The summed E-state index contributed by atoms with van der Waals surface area (Å²) in [7, 11) is 0. The van der Waals surface area contributed by atoms with Crippen LogP contribution in [0.15, 0.2) is 48.5 Å². The number of amides is 2. The summed E-state index contributed by atoms with van der Waals surface area (Å²) in [6.07, 6.45) is 0. The molecule has 0 heterocycles. The van der Waals surface area contributed by atoms with E-state index in [-0.39, 0.29) is 5.91 Å². The lowest BCUT2D eigenvalue weighted by Crippen LogP contribution is -2.55. The normalized spacial score (nSPS) is 11.0. The molecule has 0 aromatic heterocycles. The Balaban J connectivity index is 2.32. The molecule has 2 aromatic carbocycles. The van der Waals surface area contributed by atoms with Crippen molar-refractivity contribution >= 4 is 35.0 Å². The highest BCUT2D eigenvalue weighted by Gasteiger charge is 2.30. The average molecular weight is 365 g/mol. The number of halogens is 2. The Morgan fingerprint density at radius 1 is 1.00 bits per heavy atom. The van der Waals surface area contributed by atoms with Gasteiger partial charge in [0, 0.05) is 10.6 Å². The molecule has 0 radical (unpaired) electrons. The van der Waals surface area contributed by atoms with Crippen molar-refractivity contribution in [3.05, 3.63) is 69.7 Å². The van der Waals surface area contributed by atoms with Crippen LogP contribution < -0.4 is 5.43 Å². The highest BCUT2D eigenvalue weighted by atomic mass is 35.5. The van der Waals surface area contributed by atoms with Crippen LogP contribution in [0.2, 0.25) is 10.0 Å². The SMILES string of the molecule is CC(C)(C)N(NC(=O)c1ccccc1Cl)C(=O)c1cccc(Cl)c1. The molecule has 2 rings (SSSR count). The Kier molecular flexibility index (Phi) is 5.52. The van der Waals surface area contributed by atoms with Gasteiger partial charge in [-0.05, 0) is 51.1 Å². The van der Waals surface area contributed by atoms with E-state index in [1.165, 1.54) is 5.01 Å². The van der Waals surface area contributed by atoms with E-state index in [9.17, 15) is 9.59 Å². The first-order valence-electron chi connectivity index (χ1n) is 7.36. The number of hydrogen-bond acceptors (Lipinski definition) is 2. The van der Waals surface area contributed by atoms with Crippen molar-refractivity contribution < 1.29 is 9.59 Å². The smallest absolute Gasteiger partial charge is 0.267 e. The maximum absolute atomic E-state index is 12.8. The van der Waals surface area contributed by atoms with Crippen LogP contribution >= 0.6 is 23.2 Å². The number of carbonyl (C=O) groups excluding carboxylic acids is 2. The molecule has 24 heavy (non-hydrogen) atoms. The number of carbonyl (C=O) groups is 2. The van der Waals surface area contributed by atoms with Crippen LogP contribution in [0.4, 0.5) is 0 Å². The van der Waals surface area contributed by atoms with Crippen molar-refractivity contribution in [1.82, 2.24) is 10.4 Å². The highest BCUT2D eigenvalue weighted by Crippen LogP contribution is 2.20. The van der Waals surface area contributed by atoms with Crippen molar-refractivity contribution in [3.8, 4) is 0 Å². The Labute approximate surface area is 151 Å². The predicted molar refractivity (Wildman–Crippen MR) is 96.3 cm³/mol. The number of hydrazine groups is 1. The van der Waals surface area contributed by atoms with E-state index in [1.54, 1.807) is 48.5 Å². The second-order valence-corrected chi connectivity index (χ2v) is 7.09. The molecule has 4 nitrogen and oxygen atoms in total. The van der Waals surface area contributed by atoms with Crippen molar-refractivity contribution in [3.63, 3.8) is 0 Å². The van der Waals surface area contributed by atoms with E-state index >= 15 is 0 Å². The summed E-state index contributed by atoms with van der Waals surface area (Å²) in [5, 5.41) is 2.05. The fraction of sp³-hybridized carbons (Fsp3) is 0.222. The van der Waals surface area contributed by atoms with Crippen molar-refractivity contribution in [2.45, 2.75) is 26.3 Å². The zero-order valence-electron chi connectivity index (χ0n) is 13.6. The van der Waals surface area contributed by atoms with Gasteiger partial charge in [-0.15, -0.1) is 0 Å². The fourth-order valence-corrected chi connectivity index (χ4v) is 2.49. The molecule has 0 aliphatic rings. The van der Waals surface area contributed by atoms with E-state index in [2.05, 4.69) is 5.43 Å². The molecule has 0 aliphatic carbocycles. The van der Waals surface area contributed by atoms with Crippen molar-refractivity contribution in [2.24, 2.45) is 0 Å². The molecule has 0 saturated carbocycles. The molecular formula is C18H18Cl2N2O2. The van der Waals surface area contributed by atoms with Crippen LogP contribution in [-0.4, -0.2) is 22.4 Å². The zero-order chi connectivity index (χ0) is 17.9. The summed E-state index contributed by atoms with van der Waals surface area (Å²) >= 11 is 12.0. The maximum atomic E-state index is 12.8. The number of hydrogen-bond donors (Lipinski definition) is 1. The summed E-state index contributed by atoms with van der Waals surface area (Å²) in [6, 6.07) is 13.2. The first kappa shape index (κ1) is 18.3. The van der Waals surface area contributed by atoms with Gasteiger partial charge in [0.05, 0.1) is 16.1 Å². The third kappa shape index (κ3) is 4.28. The summed E-state index contributed by atoms with van der Waals surface area (Å²) < 4.78 is 0. The summed E-state index contributed by atoms with van der Waals surface area (Å²) in [5.41, 5.74) is 2.69. The lowest BCUT2D eigenvalue weighted by atomic mass is 10.1. The minimum Gasteiger partial charge on any atom is -0.267 e. The molecule has 0 spiro atoms. The van der Waals surface area contributed by atoms with Crippen LogP contribution in [-0.2, 0) is 0 Å². The van der Waals surface area contributed by atoms with E-state index in [0.29, 0.717) is 21.2 Å². The number of nitrogens with zero attached hydrogens (tertiary/aromatic N) is 1. The molecule has 0 atom stereocenters. The molecule has 0 saturated heterocycles. The lowest BCUT2D eigenvalue weighted by molar-refractivity contribution is 0.0358. The predicted octanol–water partition coefficient (Wildman–Crippen LogP) is 4.58. The average Bonchev–Trinajstić information content (AvgIpc) is 2.51.